The molecule has 0 saturated heterocycles. The molecule has 118 valence electrons. The monoisotopic (exact) mass is 294 g/mol. The van der Waals surface area contributed by atoms with Crippen LogP contribution in [-0.2, 0) is 14.2 Å². The molecule has 0 radical (unpaired) electrons. The zero-order valence-corrected chi connectivity index (χ0v) is 14.0. The van der Waals surface area contributed by atoms with Crippen molar-refractivity contribution >= 4 is 13.8 Å². The van der Waals surface area contributed by atoms with E-state index in [1.54, 1.807) is 27.7 Å². The van der Waals surface area contributed by atoms with Crippen LogP contribution in [0.4, 0.5) is 0 Å². The topological polar surface area (TPSA) is 55.8 Å². The van der Waals surface area contributed by atoms with Crippen molar-refractivity contribution in [2.45, 2.75) is 70.9 Å². The summed E-state index contributed by atoms with van der Waals surface area (Å²) in [6.07, 6.45) is 7.39. The molecule has 1 atom stereocenters. The average molecular weight is 294 g/mol. The number of rotatable bonds is 7. The molecule has 0 fully saturated rings. The number of hydrogen-bond donors (Lipinski definition) is 1. The quantitative estimate of drug-likeness (QED) is 0.577. The highest BCUT2D eigenvalue weighted by Crippen LogP contribution is 2.26. The molecule has 0 spiro atoms. The third-order valence-corrected chi connectivity index (χ3v) is 3.95. The summed E-state index contributed by atoms with van der Waals surface area (Å²) in [7, 11) is 0.442. The molecule has 21 heavy (non-hydrogen) atoms. The predicted molar refractivity (Wildman–Crippen MR) is 85.5 cm³/mol. The van der Waals surface area contributed by atoms with Crippen LogP contribution in [-0.4, -0.2) is 41.8 Å². The molecule has 4 nitrogen and oxygen atoms in total. The molecule has 0 amide bonds. The number of aldehydes is 1. The van der Waals surface area contributed by atoms with Gasteiger partial charge in [0, 0.05) is 0 Å². The van der Waals surface area contributed by atoms with Crippen LogP contribution in [0, 0.1) is 0 Å². The van der Waals surface area contributed by atoms with Gasteiger partial charge >= 0.3 is 7.48 Å². The maximum absolute atomic E-state index is 10.9. The molecule has 0 aromatic carbocycles. The highest BCUT2D eigenvalue weighted by molar-refractivity contribution is 6.39. The first-order valence-electron chi connectivity index (χ1n) is 7.34. The van der Waals surface area contributed by atoms with Gasteiger partial charge in [-0.2, -0.15) is 0 Å². The van der Waals surface area contributed by atoms with Crippen molar-refractivity contribution in [2.75, 3.05) is 0 Å². The van der Waals surface area contributed by atoms with Crippen LogP contribution in [0.2, 0.25) is 0 Å². The normalized spacial score (nSPS) is 20.1. The summed E-state index contributed by atoms with van der Waals surface area (Å²) >= 11 is 0. The fourth-order valence-electron chi connectivity index (χ4n) is 1.70. The standard InChI is InChI=1S/C16H27BO4/c1-14(2,11-18)20-13-9-7-12(8-10-13)17-21-16(5,6)15(3,4)19/h7-9,11,13,17,19H,10H2,1-6H3. The molecular weight excluding hydrogens is 267 g/mol. The fraction of sp³-hybridized carbons (Fsp3) is 0.688. The summed E-state index contributed by atoms with van der Waals surface area (Å²) < 4.78 is 11.5. The van der Waals surface area contributed by atoms with Gasteiger partial charge in [0.25, 0.3) is 0 Å². The molecule has 1 aliphatic rings. The van der Waals surface area contributed by atoms with Crippen molar-refractivity contribution in [3.63, 3.8) is 0 Å². The number of carbonyl (C=O) groups is 1. The van der Waals surface area contributed by atoms with E-state index in [-0.39, 0.29) is 6.10 Å². The van der Waals surface area contributed by atoms with E-state index in [2.05, 4.69) is 0 Å². The summed E-state index contributed by atoms with van der Waals surface area (Å²) in [6, 6.07) is 0. The SMILES string of the molecule is CC(C)(C=O)OC1C=CC(BOC(C)(C)C(C)(C)O)=CC1. The Morgan fingerprint density at radius 1 is 1.29 bits per heavy atom. The van der Waals surface area contributed by atoms with Crippen LogP contribution in [0.25, 0.3) is 0 Å². The first kappa shape index (κ1) is 18.1. The van der Waals surface area contributed by atoms with Gasteiger partial charge in [-0.15, -0.1) is 0 Å². The van der Waals surface area contributed by atoms with E-state index < -0.39 is 16.8 Å². The molecule has 1 unspecified atom stereocenters. The summed E-state index contributed by atoms with van der Waals surface area (Å²) in [5, 5.41) is 10.1. The molecule has 0 aromatic rings. The van der Waals surface area contributed by atoms with Crippen LogP contribution in [0.15, 0.2) is 23.7 Å². The zero-order valence-electron chi connectivity index (χ0n) is 14.0. The van der Waals surface area contributed by atoms with Gasteiger partial charge in [0.2, 0.25) is 0 Å². The Morgan fingerprint density at radius 2 is 1.90 bits per heavy atom. The summed E-state index contributed by atoms with van der Waals surface area (Å²) in [6.45, 7) is 10.7. The predicted octanol–water partition coefficient (Wildman–Crippen LogP) is 2.11. The van der Waals surface area contributed by atoms with Gasteiger partial charge in [-0.3, -0.25) is 0 Å². The fourth-order valence-corrected chi connectivity index (χ4v) is 1.70. The van der Waals surface area contributed by atoms with Crippen LogP contribution in [0.1, 0.15) is 48.0 Å². The Morgan fingerprint density at radius 3 is 2.33 bits per heavy atom. The smallest absolute Gasteiger partial charge is 0.309 e. The van der Waals surface area contributed by atoms with Gasteiger partial charge in [0.05, 0.1) is 17.3 Å². The third-order valence-electron chi connectivity index (χ3n) is 3.95. The maximum atomic E-state index is 10.9. The molecule has 0 saturated carbocycles. The van der Waals surface area contributed by atoms with Crippen molar-refractivity contribution < 1.29 is 19.3 Å². The lowest BCUT2D eigenvalue weighted by Crippen LogP contribution is -2.48. The van der Waals surface area contributed by atoms with Crippen molar-refractivity contribution in [3.05, 3.63) is 23.7 Å². The Hall–Kier alpha value is -0.905. The van der Waals surface area contributed by atoms with E-state index in [1.807, 2.05) is 32.1 Å². The van der Waals surface area contributed by atoms with Crippen LogP contribution in [0.5, 0.6) is 0 Å². The summed E-state index contributed by atoms with van der Waals surface area (Å²) in [5.41, 5.74) is -1.25. The van der Waals surface area contributed by atoms with Gasteiger partial charge in [0.1, 0.15) is 5.60 Å². The van der Waals surface area contributed by atoms with E-state index >= 15 is 0 Å². The highest BCUT2D eigenvalue weighted by atomic mass is 16.5. The Bertz CT molecular complexity index is 430. The van der Waals surface area contributed by atoms with Crippen LogP contribution in [0.3, 0.4) is 0 Å². The number of ether oxygens (including phenoxy) is 1. The minimum atomic E-state index is -0.911. The molecule has 0 aromatic heterocycles. The van der Waals surface area contributed by atoms with Crippen LogP contribution >= 0.6 is 0 Å². The van der Waals surface area contributed by atoms with Crippen molar-refractivity contribution in [1.29, 1.82) is 0 Å². The molecular formula is C16H27BO4. The average Bonchev–Trinajstić information content (AvgIpc) is 2.36. The van der Waals surface area contributed by atoms with Gasteiger partial charge < -0.3 is 19.3 Å². The van der Waals surface area contributed by atoms with Crippen molar-refractivity contribution in [1.82, 2.24) is 0 Å². The van der Waals surface area contributed by atoms with Crippen molar-refractivity contribution in [2.24, 2.45) is 0 Å². The van der Waals surface area contributed by atoms with E-state index in [0.29, 0.717) is 7.48 Å². The van der Waals surface area contributed by atoms with E-state index in [0.717, 1.165) is 18.2 Å². The zero-order chi connectivity index (χ0) is 16.3. The lowest BCUT2D eigenvalue weighted by atomic mass is 9.80. The first-order valence-corrected chi connectivity index (χ1v) is 7.34. The number of aliphatic hydroxyl groups is 1. The van der Waals surface area contributed by atoms with E-state index in [9.17, 15) is 9.90 Å². The number of allylic oxidation sites excluding steroid dienone is 2. The molecule has 1 rings (SSSR count). The molecule has 5 heteroatoms. The van der Waals surface area contributed by atoms with E-state index in [4.69, 9.17) is 9.39 Å². The molecule has 0 bridgehead atoms. The van der Waals surface area contributed by atoms with Gasteiger partial charge in [-0.25, -0.2) is 0 Å². The largest absolute Gasteiger partial charge is 0.427 e. The second-order valence-corrected chi connectivity index (χ2v) is 7.11. The van der Waals surface area contributed by atoms with Crippen LogP contribution < -0.4 is 0 Å². The lowest BCUT2D eigenvalue weighted by Gasteiger charge is -2.38. The molecule has 0 heterocycles. The highest BCUT2D eigenvalue weighted by Gasteiger charge is 2.35. The minimum Gasteiger partial charge on any atom is -0.427 e. The van der Waals surface area contributed by atoms with Gasteiger partial charge in [-0.05, 0) is 48.0 Å². The second kappa shape index (κ2) is 6.47. The summed E-state index contributed by atoms with van der Waals surface area (Å²) in [5.74, 6) is 0. The Kier molecular flexibility index (Phi) is 5.59. The molecule has 0 aliphatic heterocycles. The third kappa shape index (κ3) is 5.42. The summed E-state index contributed by atoms with van der Waals surface area (Å²) in [4.78, 5) is 10.9. The minimum absolute atomic E-state index is 0.0868. The van der Waals surface area contributed by atoms with Gasteiger partial charge in [-0.1, -0.05) is 23.7 Å². The van der Waals surface area contributed by atoms with Gasteiger partial charge in [0.15, 0.2) is 6.29 Å². The van der Waals surface area contributed by atoms with E-state index in [1.165, 1.54) is 0 Å². The van der Waals surface area contributed by atoms with Crippen molar-refractivity contribution in [3.8, 4) is 0 Å². The Labute approximate surface area is 128 Å². The second-order valence-electron chi connectivity index (χ2n) is 7.11. The molecule has 1 N–H and O–H groups in total. The lowest BCUT2D eigenvalue weighted by molar-refractivity contribution is -0.130. The maximum Gasteiger partial charge on any atom is 0.309 e. The Balaban J connectivity index is 2.51. The number of hydrogen-bond acceptors (Lipinski definition) is 4. The number of carbonyl (C=O) groups excluding carboxylic acids is 1. The first-order chi connectivity index (χ1) is 9.47. The molecule has 1 aliphatic carbocycles.